The van der Waals surface area contributed by atoms with Gasteiger partial charge < -0.3 is 4.74 Å². The van der Waals surface area contributed by atoms with Gasteiger partial charge in [-0.2, -0.15) is 0 Å². The van der Waals surface area contributed by atoms with Crippen LogP contribution in [-0.2, 0) is 11.2 Å². The van der Waals surface area contributed by atoms with Crippen LogP contribution in [0.3, 0.4) is 0 Å². The lowest BCUT2D eigenvalue weighted by Crippen LogP contribution is -2.26. The van der Waals surface area contributed by atoms with Gasteiger partial charge in [-0.05, 0) is 62.0 Å². The lowest BCUT2D eigenvalue weighted by molar-refractivity contribution is -0.0172. The minimum absolute atomic E-state index is 0.510. The quantitative estimate of drug-likeness (QED) is 0.741. The molecule has 0 bridgehead atoms. The van der Waals surface area contributed by atoms with Gasteiger partial charge in [-0.3, -0.25) is 0 Å². The van der Waals surface area contributed by atoms with Crippen LogP contribution in [0.2, 0.25) is 0 Å². The molecule has 1 aromatic rings. The Morgan fingerprint density at radius 3 is 2.84 bits per heavy atom. The molecular weight excluding hydrogens is 232 g/mol. The number of hydrogen-bond donors (Lipinski definition) is 0. The van der Waals surface area contributed by atoms with Crippen LogP contribution < -0.4 is 0 Å². The van der Waals surface area contributed by atoms with Crippen LogP contribution in [0.4, 0.5) is 0 Å². The summed E-state index contributed by atoms with van der Waals surface area (Å²) < 4.78 is 5.89. The maximum Gasteiger partial charge on any atom is 0.0580 e. The molecule has 0 spiro atoms. The molecule has 106 valence electrons. The number of benzene rings is 1. The lowest BCUT2D eigenvalue weighted by atomic mass is 9.89. The van der Waals surface area contributed by atoms with Crippen LogP contribution in [-0.4, -0.2) is 12.7 Å². The van der Waals surface area contributed by atoms with Crippen LogP contribution in [0.15, 0.2) is 24.3 Å². The van der Waals surface area contributed by atoms with Gasteiger partial charge >= 0.3 is 0 Å². The third-order valence-corrected chi connectivity index (χ3v) is 4.46. The monoisotopic (exact) mass is 260 g/mol. The topological polar surface area (TPSA) is 9.23 Å². The summed E-state index contributed by atoms with van der Waals surface area (Å²) in [5.74, 6) is 1.61. The van der Waals surface area contributed by atoms with Crippen LogP contribution in [0.1, 0.15) is 50.7 Å². The van der Waals surface area contributed by atoms with E-state index < -0.39 is 0 Å². The predicted molar refractivity (Wildman–Crippen MR) is 81.4 cm³/mol. The minimum atomic E-state index is 0.510. The fourth-order valence-corrected chi connectivity index (χ4v) is 3.09. The first kappa shape index (κ1) is 14.6. The van der Waals surface area contributed by atoms with Crippen molar-refractivity contribution in [2.75, 3.05) is 6.61 Å². The molecule has 1 saturated heterocycles. The summed E-state index contributed by atoms with van der Waals surface area (Å²) in [6, 6.07) is 8.76. The van der Waals surface area contributed by atoms with Crippen molar-refractivity contribution in [3.8, 4) is 0 Å². The maximum atomic E-state index is 5.89. The highest BCUT2D eigenvalue weighted by Crippen LogP contribution is 2.26. The van der Waals surface area contributed by atoms with Crippen molar-refractivity contribution in [2.45, 2.75) is 59.0 Å². The molecule has 19 heavy (non-hydrogen) atoms. The summed E-state index contributed by atoms with van der Waals surface area (Å²) in [4.78, 5) is 0. The van der Waals surface area contributed by atoms with Gasteiger partial charge in [0.05, 0.1) is 6.10 Å². The second-order valence-corrected chi connectivity index (χ2v) is 6.43. The summed E-state index contributed by atoms with van der Waals surface area (Å²) in [7, 11) is 0. The molecule has 0 aromatic heterocycles. The molecule has 2 rings (SSSR count). The van der Waals surface area contributed by atoms with Crippen LogP contribution in [0.5, 0.6) is 0 Å². The Balaban J connectivity index is 1.75. The molecule has 1 heteroatoms. The van der Waals surface area contributed by atoms with E-state index in [4.69, 9.17) is 4.74 Å². The molecule has 1 nitrogen and oxygen atoms in total. The molecule has 0 aliphatic carbocycles. The highest BCUT2D eigenvalue weighted by molar-refractivity contribution is 5.25. The van der Waals surface area contributed by atoms with Gasteiger partial charge in [0, 0.05) is 6.61 Å². The highest BCUT2D eigenvalue weighted by atomic mass is 16.5. The van der Waals surface area contributed by atoms with E-state index in [2.05, 4.69) is 45.0 Å². The molecule has 1 fully saturated rings. The van der Waals surface area contributed by atoms with E-state index in [0.29, 0.717) is 6.10 Å². The van der Waals surface area contributed by atoms with Crippen molar-refractivity contribution in [3.63, 3.8) is 0 Å². The number of hydrogen-bond acceptors (Lipinski definition) is 1. The van der Waals surface area contributed by atoms with Crippen molar-refractivity contribution >= 4 is 0 Å². The average molecular weight is 260 g/mol. The van der Waals surface area contributed by atoms with E-state index in [1.54, 1.807) is 0 Å². The van der Waals surface area contributed by atoms with Gasteiger partial charge in [0.15, 0.2) is 0 Å². The van der Waals surface area contributed by atoms with Crippen molar-refractivity contribution in [1.82, 2.24) is 0 Å². The summed E-state index contributed by atoms with van der Waals surface area (Å²) in [6.45, 7) is 7.91. The zero-order valence-electron chi connectivity index (χ0n) is 12.7. The van der Waals surface area contributed by atoms with Crippen molar-refractivity contribution in [1.29, 1.82) is 0 Å². The summed E-state index contributed by atoms with van der Waals surface area (Å²) in [5, 5.41) is 0. The van der Waals surface area contributed by atoms with E-state index in [9.17, 15) is 0 Å². The molecule has 3 atom stereocenters. The second kappa shape index (κ2) is 7.09. The Hall–Kier alpha value is -0.820. The summed E-state index contributed by atoms with van der Waals surface area (Å²) >= 11 is 0. The Bertz CT molecular complexity index is 385. The van der Waals surface area contributed by atoms with Crippen molar-refractivity contribution < 1.29 is 4.74 Å². The first-order valence-corrected chi connectivity index (χ1v) is 7.81. The third-order valence-electron chi connectivity index (χ3n) is 4.46. The largest absolute Gasteiger partial charge is 0.378 e. The number of aryl methyl sites for hydroxylation is 2. The zero-order chi connectivity index (χ0) is 13.7. The zero-order valence-corrected chi connectivity index (χ0v) is 12.7. The van der Waals surface area contributed by atoms with Gasteiger partial charge in [0.2, 0.25) is 0 Å². The second-order valence-electron chi connectivity index (χ2n) is 6.43. The molecule has 0 saturated carbocycles. The lowest BCUT2D eigenvalue weighted by Gasteiger charge is -2.29. The molecule has 1 aliphatic heterocycles. The van der Waals surface area contributed by atoms with Crippen LogP contribution in [0.25, 0.3) is 0 Å². The van der Waals surface area contributed by atoms with E-state index in [1.807, 2.05) is 0 Å². The van der Waals surface area contributed by atoms with Crippen LogP contribution in [0, 0.1) is 18.8 Å². The first-order valence-electron chi connectivity index (χ1n) is 7.81. The van der Waals surface area contributed by atoms with Crippen molar-refractivity contribution in [2.24, 2.45) is 11.8 Å². The molecule has 1 aromatic carbocycles. The smallest absolute Gasteiger partial charge is 0.0580 e. The Kier molecular flexibility index (Phi) is 5.45. The molecule has 0 radical (unpaired) electrons. The fourth-order valence-electron chi connectivity index (χ4n) is 3.09. The molecular formula is C18H28O. The van der Waals surface area contributed by atoms with E-state index >= 15 is 0 Å². The molecule has 3 unspecified atom stereocenters. The number of ether oxygens (including phenoxy) is 1. The standard InChI is InChI=1S/C18H28O/c1-14(12-18-13-15(2)10-11-19-18)8-9-17-7-5-4-6-16(17)3/h4-7,14-15,18H,8-13H2,1-3H3. The fraction of sp³-hybridized carbons (Fsp3) is 0.667. The first-order chi connectivity index (χ1) is 9.15. The van der Waals surface area contributed by atoms with Gasteiger partial charge in [0.25, 0.3) is 0 Å². The molecule has 0 N–H and O–H groups in total. The predicted octanol–water partition coefficient (Wildman–Crippen LogP) is 4.77. The molecule has 1 heterocycles. The number of rotatable bonds is 5. The Morgan fingerprint density at radius 1 is 1.32 bits per heavy atom. The molecule has 1 aliphatic rings. The Morgan fingerprint density at radius 2 is 2.11 bits per heavy atom. The summed E-state index contributed by atoms with van der Waals surface area (Å²) in [6.07, 6.45) is 6.73. The Labute approximate surface area is 118 Å². The van der Waals surface area contributed by atoms with E-state index in [0.717, 1.165) is 18.4 Å². The van der Waals surface area contributed by atoms with E-state index in [-0.39, 0.29) is 0 Å². The highest BCUT2D eigenvalue weighted by Gasteiger charge is 2.21. The average Bonchev–Trinajstić information content (AvgIpc) is 2.38. The maximum absolute atomic E-state index is 5.89. The van der Waals surface area contributed by atoms with Gasteiger partial charge in [-0.1, -0.05) is 38.1 Å². The van der Waals surface area contributed by atoms with Crippen LogP contribution >= 0.6 is 0 Å². The SMILES string of the molecule is Cc1ccccc1CCC(C)CC1CC(C)CCO1. The van der Waals surface area contributed by atoms with Gasteiger partial charge in [-0.25, -0.2) is 0 Å². The summed E-state index contributed by atoms with van der Waals surface area (Å²) in [5.41, 5.74) is 2.93. The van der Waals surface area contributed by atoms with Crippen molar-refractivity contribution in [3.05, 3.63) is 35.4 Å². The normalized spacial score (nSPS) is 25.2. The minimum Gasteiger partial charge on any atom is -0.378 e. The molecule has 0 amide bonds. The van der Waals surface area contributed by atoms with Gasteiger partial charge in [0.1, 0.15) is 0 Å². The third kappa shape index (κ3) is 4.65. The van der Waals surface area contributed by atoms with E-state index in [1.165, 1.54) is 43.2 Å². The van der Waals surface area contributed by atoms with Gasteiger partial charge in [-0.15, -0.1) is 0 Å².